The summed E-state index contributed by atoms with van der Waals surface area (Å²) < 4.78 is 6.95. The zero-order valence-electron chi connectivity index (χ0n) is 13.9. The van der Waals surface area contributed by atoms with E-state index in [1.807, 2.05) is 42.8 Å². The lowest BCUT2D eigenvalue weighted by Crippen LogP contribution is -2.22. The summed E-state index contributed by atoms with van der Waals surface area (Å²) in [5.74, 6) is -0.148. The Morgan fingerprint density at radius 2 is 2.16 bits per heavy atom. The maximum Gasteiger partial charge on any atom is 0.317 e. The first-order valence-electron chi connectivity index (χ1n) is 7.84. The van der Waals surface area contributed by atoms with Crippen molar-refractivity contribution in [2.45, 2.75) is 26.3 Å². The molecule has 3 heterocycles. The summed E-state index contributed by atoms with van der Waals surface area (Å²) in [6, 6.07) is 10.7. The van der Waals surface area contributed by atoms with E-state index in [1.54, 1.807) is 24.4 Å². The van der Waals surface area contributed by atoms with Crippen molar-refractivity contribution >= 4 is 17.5 Å². The lowest BCUT2D eigenvalue weighted by atomic mass is 10.1. The average molecular weight is 357 g/mol. The molecule has 0 aliphatic heterocycles. The summed E-state index contributed by atoms with van der Waals surface area (Å²) in [4.78, 5) is 20.6. The number of carbonyl (C=O) groups is 1. The van der Waals surface area contributed by atoms with Gasteiger partial charge in [-0.05, 0) is 29.7 Å². The summed E-state index contributed by atoms with van der Waals surface area (Å²) >= 11 is 5.81. The Morgan fingerprint density at radius 3 is 2.84 bits per heavy atom. The molecule has 0 spiro atoms. The Hall–Kier alpha value is -2.73. The average Bonchev–Trinajstić information content (AvgIpc) is 3.09. The lowest BCUT2D eigenvalue weighted by molar-refractivity contribution is 0.0961. The van der Waals surface area contributed by atoms with Gasteiger partial charge in [0.05, 0.1) is 12.2 Å². The molecule has 6 nitrogen and oxygen atoms in total. The molecule has 3 aromatic heterocycles. The fraction of sp³-hybridized carbons (Fsp3) is 0.222. The van der Waals surface area contributed by atoms with E-state index in [2.05, 4.69) is 15.1 Å². The largest absolute Gasteiger partial charge is 0.351 e. The second-order valence-corrected chi connectivity index (χ2v) is 6.25. The lowest BCUT2D eigenvalue weighted by Gasteiger charge is -2.06. The maximum atomic E-state index is 12.4. The molecule has 0 fully saturated rings. The van der Waals surface area contributed by atoms with Gasteiger partial charge in [0.15, 0.2) is 0 Å². The Kier molecular flexibility index (Phi) is 5.09. The van der Waals surface area contributed by atoms with Gasteiger partial charge < -0.3 is 9.09 Å². The van der Waals surface area contributed by atoms with Crippen molar-refractivity contribution in [1.29, 1.82) is 0 Å². The van der Waals surface area contributed by atoms with Gasteiger partial charge in [-0.15, -0.1) is 0 Å². The van der Waals surface area contributed by atoms with Gasteiger partial charge in [0.1, 0.15) is 10.6 Å². The van der Waals surface area contributed by atoms with Gasteiger partial charge in [-0.25, -0.2) is 4.98 Å². The van der Waals surface area contributed by atoms with Gasteiger partial charge in [-0.1, -0.05) is 42.7 Å². The van der Waals surface area contributed by atoms with E-state index >= 15 is 0 Å². The fourth-order valence-corrected chi connectivity index (χ4v) is 2.33. The number of hydrogen-bond acceptors (Lipinski definition) is 4. The van der Waals surface area contributed by atoms with Crippen LogP contribution in [0.15, 0.2) is 58.3 Å². The highest BCUT2D eigenvalue weighted by Gasteiger charge is 2.14. The monoisotopic (exact) mass is 356 g/mol. The number of aromatic nitrogens is 3. The quantitative estimate of drug-likeness (QED) is 0.671. The first kappa shape index (κ1) is 17.1. The predicted molar refractivity (Wildman–Crippen MR) is 93.3 cm³/mol. The molecule has 7 heteroatoms. The van der Waals surface area contributed by atoms with Crippen molar-refractivity contribution in [1.82, 2.24) is 14.7 Å². The van der Waals surface area contributed by atoms with E-state index in [-0.39, 0.29) is 11.7 Å². The summed E-state index contributed by atoms with van der Waals surface area (Å²) in [5.41, 5.74) is 2.20. The Balaban J connectivity index is 1.89. The molecule has 0 radical (unpaired) electrons. The molecule has 0 aliphatic rings. The second-order valence-electron chi connectivity index (χ2n) is 5.86. The molecule has 0 aliphatic carbocycles. The molecular weight excluding hydrogens is 340 g/mol. The highest BCUT2D eigenvalue weighted by molar-refractivity contribution is 6.29. The third-order valence-corrected chi connectivity index (χ3v) is 3.83. The van der Waals surface area contributed by atoms with E-state index in [4.69, 9.17) is 16.1 Å². The van der Waals surface area contributed by atoms with Crippen LogP contribution in [0.25, 0.3) is 0 Å². The number of rotatable bonds is 4. The molecule has 3 aromatic rings. The van der Waals surface area contributed by atoms with Crippen LogP contribution in [0.4, 0.5) is 0 Å². The molecule has 0 bridgehead atoms. The van der Waals surface area contributed by atoms with Crippen LogP contribution in [-0.4, -0.2) is 20.6 Å². The molecule has 0 atom stereocenters. The summed E-state index contributed by atoms with van der Waals surface area (Å²) in [6.45, 7) is 4.48. The number of pyridine rings is 2. The first-order valence-corrected chi connectivity index (χ1v) is 8.22. The van der Waals surface area contributed by atoms with E-state index in [9.17, 15) is 4.79 Å². The first-order chi connectivity index (χ1) is 12.0. The van der Waals surface area contributed by atoms with Gasteiger partial charge in [0.25, 0.3) is 0 Å². The number of nitrogens with zero attached hydrogens (tertiary/aromatic N) is 4. The number of halogens is 1. The maximum absolute atomic E-state index is 12.4. The Bertz CT molecular complexity index is 942. The van der Waals surface area contributed by atoms with Crippen LogP contribution in [0, 0.1) is 0 Å². The Labute approximate surface area is 149 Å². The van der Waals surface area contributed by atoms with Crippen LogP contribution in [0.2, 0.25) is 5.15 Å². The van der Waals surface area contributed by atoms with Crippen molar-refractivity contribution in [2.75, 3.05) is 0 Å². The highest BCUT2D eigenvalue weighted by Crippen LogP contribution is 2.14. The number of hydrogen-bond donors (Lipinski definition) is 0. The van der Waals surface area contributed by atoms with Crippen LogP contribution in [0.1, 0.15) is 41.6 Å². The molecule has 0 N–H and O–H groups in total. The minimum Gasteiger partial charge on any atom is -0.351 e. The van der Waals surface area contributed by atoms with Crippen molar-refractivity contribution in [3.8, 4) is 0 Å². The van der Waals surface area contributed by atoms with Crippen molar-refractivity contribution < 1.29 is 9.32 Å². The topological polar surface area (TPSA) is 73.3 Å². The second kappa shape index (κ2) is 7.44. The third kappa shape index (κ3) is 4.22. The molecular formula is C18H17ClN4O2. The van der Waals surface area contributed by atoms with Crippen molar-refractivity contribution in [3.05, 3.63) is 76.5 Å². The van der Waals surface area contributed by atoms with Crippen molar-refractivity contribution in [3.63, 3.8) is 0 Å². The molecule has 25 heavy (non-hydrogen) atoms. The minimum atomic E-state index is -0.464. The van der Waals surface area contributed by atoms with E-state index < -0.39 is 5.91 Å². The Morgan fingerprint density at radius 1 is 1.32 bits per heavy atom. The molecule has 0 saturated heterocycles. The standard InChI is InChI=1S/C18H17ClN4O2/c1-12(2)14-9-15(25-22-14)18(24)21-17-5-3-4-8-23(17)11-13-6-7-16(19)20-10-13/h3-10,12H,11H2,1-2H3. The van der Waals surface area contributed by atoms with E-state index in [0.29, 0.717) is 17.2 Å². The molecule has 0 saturated carbocycles. The van der Waals surface area contributed by atoms with E-state index in [0.717, 1.165) is 11.3 Å². The third-order valence-electron chi connectivity index (χ3n) is 3.61. The molecule has 1 amide bonds. The zero-order chi connectivity index (χ0) is 17.8. The number of amides is 1. The normalized spacial score (nSPS) is 11.9. The SMILES string of the molecule is CC(C)c1cc(C(=O)N=c2ccccn2Cc2ccc(Cl)nc2)on1. The summed E-state index contributed by atoms with van der Waals surface area (Å²) in [7, 11) is 0. The van der Waals surface area contributed by atoms with Gasteiger partial charge in [-0.3, -0.25) is 4.79 Å². The van der Waals surface area contributed by atoms with Gasteiger partial charge >= 0.3 is 5.91 Å². The molecule has 0 unspecified atom stereocenters. The highest BCUT2D eigenvalue weighted by atomic mass is 35.5. The van der Waals surface area contributed by atoms with Gasteiger partial charge in [-0.2, -0.15) is 4.99 Å². The summed E-state index contributed by atoms with van der Waals surface area (Å²) in [6.07, 6.45) is 3.54. The van der Waals surface area contributed by atoms with Crippen LogP contribution < -0.4 is 5.49 Å². The van der Waals surface area contributed by atoms with Crippen LogP contribution in [0.5, 0.6) is 0 Å². The van der Waals surface area contributed by atoms with Crippen LogP contribution in [-0.2, 0) is 6.54 Å². The molecule has 128 valence electrons. The van der Waals surface area contributed by atoms with Crippen molar-refractivity contribution in [2.24, 2.45) is 4.99 Å². The predicted octanol–water partition coefficient (Wildman–Crippen LogP) is 3.44. The van der Waals surface area contributed by atoms with Crippen LogP contribution in [0.3, 0.4) is 0 Å². The minimum absolute atomic E-state index is 0.132. The number of carbonyl (C=O) groups excluding carboxylic acids is 1. The fourth-order valence-electron chi connectivity index (χ4n) is 2.22. The smallest absolute Gasteiger partial charge is 0.317 e. The van der Waals surface area contributed by atoms with Gasteiger partial charge in [0.2, 0.25) is 5.76 Å². The molecule has 3 rings (SSSR count). The summed E-state index contributed by atoms with van der Waals surface area (Å²) in [5, 5.41) is 4.33. The zero-order valence-corrected chi connectivity index (χ0v) is 14.6. The van der Waals surface area contributed by atoms with E-state index in [1.165, 1.54) is 0 Å². The van der Waals surface area contributed by atoms with Gasteiger partial charge in [0, 0.05) is 18.5 Å². The van der Waals surface area contributed by atoms with Crippen LogP contribution >= 0.6 is 11.6 Å². The molecule has 0 aromatic carbocycles.